The molecule has 0 aromatic carbocycles. The van der Waals surface area contributed by atoms with Gasteiger partial charge in [-0.3, -0.25) is 37.3 Å². The molecule has 0 saturated carbocycles. The first-order chi connectivity index (χ1) is 38.5. The molecular formula is C61H114O17P2. The van der Waals surface area contributed by atoms with E-state index in [1.807, 2.05) is 0 Å². The van der Waals surface area contributed by atoms with Gasteiger partial charge in [-0.1, -0.05) is 226 Å². The molecule has 0 amide bonds. The summed E-state index contributed by atoms with van der Waals surface area (Å²) in [6.07, 6.45) is 40.0. The molecule has 0 bridgehead atoms. The number of hydrogen-bond acceptors (Lipinski definition) is 15. The molecule has 0 aromatic rings. The van der Waals surface area contributed by atoms with E-state index in [1.165, 1.54) is 64.2 Å². The molecule has 19 heteroatoms. The van der Waals surface area contributed by atoms with Crippen molar-refractivity contribution in [2.45, 2.75) is 297 Å². The number of carbonyl (C=O) groups is 4. The summed E-state index contributed by atoms with van der Waals surface area (Å²) in [7, 11) is -9.88. The zero-order valence-electron chi connectivity index (χ0n) is 50.7. The van der Waals surface area contributed by atoms with Crippen LogP contribution in [0, 0.1) is 5.92 Å². The second-order valence-electron chi connectivity index (χ2n) is 21.9. The number of phosphoric acid groups is 2. The molecule has 0 fully saturated rings. The summed E-state index contributed by atoms with van der Waals surface area (Å²) >= 11 is 0. The van der Waals surface area contributed by atoms with Crippen molar-refractivity contribution in [2.75, 3.05) is 39.6 Å². The number of unbranched alkanes of at least 4 members (excludes halogenated alkanes) is 28. The van der Waals surface area contributed by atoms with Gasteiger partial charge in [-0.25, -0.2) is 9.13 Å². The Morgan fingerprint density at radius 2 is 0.675 bits per heavy atom. The predicted octanol–water partition coefficient (Wildman–Crippen LogP) is 16.2. The van der Waals surface area contributed by atoms with Crippen molar-refractivity contribution in [1.82, 2.24) is 0 Å². The SMILES string of the molecule is CCCCCC/C=C\C=C/CCCCCCCC(=O)O[C@H](COC(=O)CCCCCCCCCC(C)C)COP(=O)(O)OC[C@@H](O)COP(=O)(O)OC[C@@H](COC(=O)CCCCCCCCC)OC(=O)CCCCCCCCCC. The zero-order chi connectivity index (χ0) is 59.2. The van der Waals surface area contributed by atoms with Gasteiger partial charge in [-0.2, -0.15) is 0 Å². The maximum absolute atomic E-state index is 12.9. The Labute approximate surface area is 484 Å². The second kappa shape index (κ2) is 54.5. The van der Waals surface area contributed by atoms with Gasteiger partial charge < -0.3 is 33.8 Å². The summed E-state index contributed by atoms with van der Waals surface area (Å²) in [5.41, 5.74) is 0. The van der Waals surface area contributed by atoms with Crippen molar-refractivity contribution >= 4 is 39.5 Å². The van der Waals surface area contributed by atoms with E-state index >= 15 is 0 Å². The Morgan fingerprint density at radius 1 is 0.388 bits per heavy atom. The van der Waals surface area contributed by atoms with E-state index in [-0.39, 0.29) is 25.7 Å². The summed E-state index contributed by atoms with van der Waals surface area (Å²) in [4.78, 5) is 71.8. The minimum Gasteiger partial charge on any atom is -0.462 e. The van der Waals surface area contributed by atoms with Gasteiger partial charge in [-0.15, -0.1) is 0 Å². The van der Waals surface area contributed by atoms with E-state index in [2.05, 4.69) is 58.9 Å². The van der Waals surface area contributed by atoms with E-state index < -0.39 is 97.5 Å². The highest BCUT2D eigenvalue weighted by Gasteiger charge is 2.30. The fraction of sp³-hybridized carbons (Fsp3) is 0.869. The number of hydrogen-bond donors (Lipinski definition) is 3. The van der Waals surface area contributed by atoms with Crippen molar-refractivity contribution in [3.8, 4) is 0 Å². The Morgan fingerprint density at radius 3 is 1.02 bits per heavy atom. The van der Waals surface area contributed by atoms with Gasteiger partial charge in [0.25, 0.3) is 0 Å². The largest absolute Gasteiger partial charge is 0.472 e. The van der Waals surface area contributed by atoms with Crippen LogP contribution < -0.4 is 0 Å². The molecule has 0 aliphatic carbocycles. The molecule has 0 saturated heterocycles. The maximum Gasteiger partial charge on any atom is 0.472 e. The molecule has 0 aromatic heterocycles. The number of allylic oxidation sites excluding steroid dienone is 4. The molecule has 80 heavy (non-hydrogen) atoms. The van der Waals surface area contributed by atoms with Crippen molar-refractivity contribution in [3.05, 3.63) is 24.3 Å². The molecule has 5 atom stereocenters. The first kappa shape index (κ1) is 77.5. The van der Waals surface area contributed by atoms with Gasteiger partial charge in [0, 0.05) is 25.7 Å². The molecule has 0 aliphatic heterocycles. The van der Waals surface area contributed by atoms with Crippen LogP contribution in [0.5, 0.6) is 0 Å². The maximum atomic E-state index is 12.9. The Hall–Kier alpha value is -2.46. The topological polar surface area (TPSA) is 237 Å². The van der Waals surface area contributed by atoms with Crippen LogP contribution in [0.15, 0.2) is 24.3 Å². The molecule has 3 N–H and O–H groups in total. The summed E-state index contributed by atoms with van der Waals surface area (Å²) in [6, 6.07) is 0. The lowest BCUT2D eigenvalue weighted by Gasteiger charge is -2.21. The lowest BCUT2D eigenvalue weighted by atomic mass is 10.0. The Kier molecular flexibility index (Phi) is 52.8. The minimum atomic E-state index is -4.95. The summed E-state index contributed by atoms with van der Waals surface area (Å²) in [5.74, 6) is -1.47. The molecule has 0 rings (SSSR count). The molecule has 0 heterocycles. The zero-order valence-corrected chi connectivity index (χ0v) is 52.5. The third kappa shape index (κ3) is 54.8. The number of rotatable bonds is 59. The lowest BCUT2D eigenvalue weighted by Crippen LogP contribution is -2.30. The van der Waals surface area contributed by atoms with Crippen LogP contribution in [-0.2, 0) is 65.4 Å². The smallest absolute Gasteiger partial charge is 0.462 e. The average Bonchev–Trinajstić information content (AvgIpc) is 3.42. The van der Waals surface area contributed by atoms with Crippen LogP contribution >= 0.6 is 15.6 Å². The van der Waals surface area contributed by atoms with Gasteiger partial charge >= 0.3 is 39.5 Å². The van der Waals surface area contributed by atoms with Crippen LogP contribution in [0.25, 0.3) is 0 Å². The van der Waals surface area contributed by atoms with E-state index in [9.17, 15) is 43.2 Å². The fourth-order valence-electron chi connectivity index (χ4n) is 8.51. The first-order valence-corrected chi connectivity index (χ1v) is 34.4. The van der Waals surface area contributed by atoms with E-state index in [0.29, 0.717) is 31.6 Å². The molecule has 470 valence electrons. The van der Waals surface area contributed by atoms with Gasteiger partial charge in [0.2, 0.25) is 0 Å². The highest BCUT2D eigenvalue weighted by atomic mass is 31.2. The lowest BCUT2D eigenvalue weighted by molar-refractivity contribution is -0.161. The van der Waals surface area contributed by atoms with Crippen molar-refractivity contribution in [1.29, 1.82) is 0 Å². The fourth-order valence-corrected chi connectivity index (χ4v) is 10.1. The molecule has 0 aliphatic rings. The number of aliphatic hydroxyl groups excluding tert-OH is 1. The van der Waals surface area contributed by atoms with Crippen LogP contribution in [0.3, 0.4) is 0 Å². The second-order valence-corrected chi connectivity index (χ2v) is 24.8. The predicted molar refractivity (Wildman–Crippen MR) is 317 cm³/mol. The normalized spacial score (nSPS) is 14.5. The minimum absolute atomic E-state index is 0.0841. The summed E-state index contributed by atoms with van der Waals surface area (Å²) in [5, 5.41) is 10.5. The standard InChI is InChI=1S/C61H114O17P2/c1-6-9-12-15-18-20-21-22-23-24-25-26-31-37-42-47-61(66)78-57(51-72-59(64)45-40-35-32-27-29-33-38-43-54(4)5)53-76-80(69,70)74-49-55(62)48-73-79(67,68)75-52-56(50-71-58(63)44-39-34-28-17-14-11-8-3)77-60(65)46-41-36-30-19-16-13-10-7-2/h20-23,54-57,62H,6-19,24-53H2,1-5H3,(H,67,68)(H,69,70)/b21-20-,23-22-/t55-,56+,57+/m0/s1. The van der Waals surface area contributed by atoms with Crippen molar-refractivity contribution in [2.24, 2.45) is 5.92 Å². The quantitative estimate of drug-likeness (QED) is 0.0169. The third-order valence-corrected chi connectivity index (χ3v) is 15.3. The van der Waals surface area contributed by atoms with E-state index in [0.717, 1.165) is 128 Å². The first-order valence-electron chi connectivity index (χ1n) is 31.5. The number of phosphoric ester groups is 2. The third-order valence-electron chi connectivity index (χ3n) is 13.4. The van der Waals surface area contributed by atoms with Gasteiger partial charge in [0.05, 0.1) is 26.4 Å². The molecule has 17 nitrogen and oxygen atoms in total. The van der Waals surface area contributed by atoms with Crippen molar-refractivity contribution in [3.63, 3.8) is 0 Å². The Balaban J connectivity index is 5.23. The van der Waals surface area contributed by atoms with Gasteiger partial charge in [0.15, 0.2) is 12.2 Å². The van der Waals surface area contributed by atoms with Crippen LogP contribution in [0.4, 0.5) is 0 Å². The number of carbonyl (C=O) groups excluding carboxylic acids is 4. The molecule has 2 unspecified atom stereocenters. The molecule has 0 radical (unpaired) electrons. The molecule has 0 spiro atoms. The van der Waals surface area contributed by atoms with Gasteiger partial charge in [-0.05, 0) is 57.3 Å². The number of aliphatic hydroxyl groups is 1. The van der Waals surface area contributed by atoms with Crippen molar-refractivity contribution < 1.29 is 80.2 Å². The molecular weight excluding hydrogens is 1070 g/mol. The van der Waals surface area contributed by atoms with Crippen LogP contribution in [-0.4, -0.2) is 96.7 Å². The van der Waals surface area contributed by atoms with E-state index in [1.54, 1.807) is 0 Å². The van der Waals surface area contributed by atoms with E-state index in [4.69, 9.17) is 37.0 Å². The highest BCUT2D eigenvalue weighted by Crippen LogP contribution is 2.45. The van der Waals surface area contributed by atoms with Gasteiger partial charge in [0.1, 0.15) is 19.3 Å². The Bertz CT molecular complexity index is 1660. The van der Waals surface area contributed by atoms with Crippen LogP contribution in [0.2, 0.25) is 0 Å². The van der Waals surface area contributed by atoms with Crippen LogP contribution in [0.1, 0.15) is 279 Å². The average molecular weight is 1180 g/mol. The number of esters is 4. The highest BCUT2D eigenvalue weighted by molar-refractivity contribution is 7.47. The monoisotopic (exact) mass is 1180 g/mol. The summed E-state index contributed by atoms with van der Waals surface area (Å²) < 4.78 is 67.6. The number of ether oxygens (including phenoxy) is 4. The summed E-state index contributed by atoms with van der Waals surface area (Å²) in [6.45, 7) is 6.97.